The molecule has 0 aliphatic heterocycles. The first-order valence-corrected chi connectivity index (χ1v) is 8.19. The molecule has 0 atom stereocenters. The van der Waals surface area contributed by atoms with Crippen LogP contribution in [0.25, 0.3) is 0 Å². The van der Waals surface area contributed by atoms with E-state index in [-0.39, 0.29) is 0 Å². The van der Waals surface area contributed by atoms with Crippen LogP contribution in [0.4, 0.5) is 0 Å². The summed E-state index contributed by atoms with van der Waals surface area (Å²) in [5, 5.41) is 9.24. The van der Waals surface area contributed by atoms with E-state index in [0.717, 1.165) is 18.3 Å². The molecule has 1 N–H and O–H groups in total. The smallest absolute Gasteiger partial charge is 0.119 e. The Labute approximate surface area is 123 Å². The van der Waals surface area contributed by atoms with Crippen molar-refractivity contribution in [3.8, 4) is 11.5 Å². The van der Waals surface area contributed by atoms with Gasteiger partial charge in [0.1, 0.15) is 11.5 Å². The molecule has 0 radical (unpaired) electrons. The van der Waals surface area contributed by atoms with E-state index in [9.17, 15) is 5.11 Å². The maximum atomic E-state index is 9.24. The Morgan fingerprint density at radius 1 is 1.00 bits per heavy atom. The van der Waals surface area contributed by atoms with Crippen LogP contribution in [0.2, 0.25) is 0 Å². The van der Waals surface area contributed by atoms with Crippen molar-refractivity contribution in [3.63, 3.8) is 0 Å². The van der Waals surface area contributed by atoms with E-state index in [1.54, 1.807) is 12.1 Å². The average molecular weight is 276 g/mol. The Kier molecular flexibility index (Phi) is 6.23. The van der Waals surface area contributed by atoms with E-state index >= 15 is 0 Å². The second-order valence-electron chi connectivity index (χ2n) is 6.19. The summed E-state index contributed by atoms with van der Waals surface area (Å²) in [4.78, 5) is 0. The zero-order chi connectivity index (χ0) is 14.2. The predicted molar refractivity (Wildman–Crippen MR) is 83.2 cm³/mol. The Hall–Kier alpha value is -1.18. The van der Waals surface area contributed by atoms with Gasteiger partial charge in [-0.2, -0.15) is 0 Å². The molecule has 2 rings (SSSR count). The van der Waals surface area contributed by atoms with E-state index in [1.165, 1.54) is 51.4 Å². The molecule has 112 valence electrons. The fourth-order valence-corrected chi connectivity index (χ4v) is 3.13. The molecule has 0 heterocycles. The molecule has 2 nitrogen and oxygen atoms in total. The summed E-state index contributed by atoms with van der Waals surface area (Å²) in [6, 6.07) is 7.04. The minimum absolute atomic E-state index is 0.296. The molecule has 0 unspecified atom stereocenters. The van der Waals surface area contributed by atoms with Crippen LogP contribution in [0, 0.1) is 11.8 Å². The van der Waals surface area contributed by atoms with Crippen LogP contribution in [0.5, 0.6) is 11.5 Å². The molecule has 2 heteroatoms. The molecule has 0 amide bonds. The van der Waals surface area contributed by atoms with E-state index in [1.807, 2.05) is 12.1 Å². The lowest BCUT2D eigenvalue weighted by Crippen LogP contribution is -2.20. The third-order valence-corrected chi connectivity index (χ3v) is 4.50. The van der Waals surface area contributed by atoms with Gasteiger partial charge in [0.15, 0.2) is 0 Å². The van der Waals surface area contributed by atoms with Crippen molar-refractivity contribution in [2.24, 2.45) is 11.8 Å². The number of rotatable bonds is 7. The van der Waals surface area contributed by atoms with Crippen LogP contribution >= 0.6 is 0 Å². The Balaban J connectivity index is 1.63. The zero-order valence-electron chi connectivity index (χ0n) is 12.7. The molecule has 1 aliphatic rings. The fourth-order valence-electron chi connectivity index (χ4n) is 3.13. The predicted octanol–water partition coefficient (Wildman–Crippen LogP) is 5.16. The van der Waals surface area contributed by atoms with Crippen molar-refractivity contribution in [1.82, 2.24) is 0 Å². The SMILES string of the molecule is CCCCCC1CCC(COc2ccc(O)cc2)CC1. The first-order valence-electron chi connectivity index (χ1n) is 8.19. The molecule has 0 spiro atoms. The standard InChI is InChI=1S/C18H28O2/c1-2-3-4-5-15-6-8-16(9-7-15)14-20-18-12-10-17(19)11-13-18/h10-13,15-16,19H,2-9,14H2,1H3. The van der Waals surface area contributed by atoms with Gasteiger partial charge in [0.05, 0.1) is 6.61 Å². The number of phenolic OH excluding ortho intramolecular Hbond substituents is 1. The van der Waals surface area contributed by atoms with Crippen molar-refractivity contribution in [2.75, 3.05) is 6.61 Å². The highest BCUT2D eigenvalue weighted by Crippen LogP contribution is 2.32. The summed E-state index contributed by atoms with van der Waals surface area (Å²) in [6.07, 6.45) is 11.0. The van der Waals surface area contributed by atoms with Crippen LogP contribution in [-0.4, -0.2) is 11.7 Å². The summed E-state index contributed by atoms with van der Waals surface area (Å²) >= 11 is 0. The number of ether oxygens (including phenoxy) is 1. The van der Waals surface area contributed by atoms with Crippen molar-refractivity contribution < 1.29 is 9.84 Å². The Bertz CT molecular complexity index is 364. The molecule has 0 bridgehead atoms. The van der Waals surface area contributed by atoms with Gasteiger partial charge in [-0.05, 0) is 48.9 Å². The van der Waals surface area contributed by atoms with Gasteiger partial charge in [-0.1, -0.05) is 45.4 Å². The summed E-state index contributed by atoms with van der Waals surface area (Å²) in [5.41, 5.74) is 0. The van der Waals surface area contributed by atoms with Gasteiger partial charge < -0.3 is 9.84 Å². The monoisotopic (exact) mass is 276 g/mol. The fraction of sp³-hybridized carbons (Fsp3) is 0.667. The summed E-state index contributed by atoms with van der Waals surface area (Å²) < 4.78 is 5.82. The quantitative estimate of drug-likeness (QED) is 0.697. The summed E-state index contributed by atoms with van der Waals surface area (Å²) in [7, 11) is 0. The van der Waals surface area contributed by atoms with Crippen LogP contribution in [-0.2, 0) is 0 Å². The number of unbranched alkanes of at least 4 members (excludes halogenated alkanes) is 2. The van der Waals surface area contributed by atoms with Gasteiger partial charge in [-0.3, -0.25) is 0 Å². The Morgan fingerprint density at radius 2 is 1.65 bits per heavy atom. The van der Waals surface area contributed by atoms with Gasteiger partial charge in [-0.25, -0.2) is 0 Å². The topological polar surface area (TPSA) is 29.5 Å². The third-order valence-electron chi connectivity index (χ3n) is 4.50. The lowest BCUT2D eigenvalue weighted by Gasteiger charge is -2.28. The molecule has 1 aromatic carbocycles. The highest BCUT2D eigenvalue weighted by Gasteiger charge is 2.21. The lowest BCUT2D eigenvalue weighted by molar-refractivity contribution is 0.177. The molecule has 1 aromatic rings. The molecule has 0 saturated heterocycles. The van der Waals surface area contributed by atoms with Gasteiger partial charge in [0, 0.05) is 0 Å². The first-order chi connectivity index (χ1) is 9.78. The van der Waals surface area contributed by atoms with Gasteiger partial charge in [0.25, 0.3) is 0 Å². The second kappa shape index (κ2) is 8.18. The van der Waals surface area contributed by atoms with Crippen LogP contribution < -0.4 is 4.74 Å². The summed E-state index contributed by atoms with van der Waals surface area (Å²) in [5.74, 6) is 2.84. The van der Waals surface area contributed by atoms with Gasteiger partial charge in [0.2, 0.25) is 0 Å². The largest absolute Gasteiger partial charge is 0.508 e. The first kappa shape index (κ1) is 15.2. The van der Waals surface area contributed by atoms with E-state index < -0.39 is 0 Å². The summed E-state index contributed by atoms with van der Waals surface area (Å²) in [6.45, 7) is 3.10. The maximum Gasteiger partial charge on any atom is 0.119 e. The zero-order valence-corrected chi connectivity index (χ0v) is 12.7. The molecule has 1 aliphatic carbocycles. The number of aromatic hydroxyl groups is 1. The third kappa shape index (κ3) is 5.07. The van der Waals surface area contributed by atoms with Crippen molar-refractivity contribution in [2.45, 2.75) is 58.3 Å². The normalized spacial score (nSPS) is 22.6. The lowest BCUT2D eigenvalue weighted by atomic mass is 9.80. The van der Waals surface area contributed by atoms with Crippen molar-refractivity contribution in [3.05, 3.63) is 24.3 Å². The van der Waals surface area contributed by atoms with Crippen molar-refractivity contribution >= 4 is 0 Å². The number of hydrogen-bond donors (Lipinski definition) is 1. The molecular weight excluding hydrogens is 248 g/mol. The average Bonchev–Trinajstić information content (AvgIpc) is 2.48. The van der Waals surface area contributed by atoms with Crippen LogP contribution in [0.15, 0.2) is 24.3 Å². The van der Waals surface area contributed by atoms with Gasteiger partial charge in [-0.15, -0.1) is 0 Å². The molecule has 20 heavy (non-hydrogen) atoms. The number of benzene rings is 1. The highest BCUT2D eigenvalue weighted by molar-refractivity contribution is 5.30. The Morgan fingerprint density at radius 3 is 2.30 bits per heavy atom. The molecule has 1 fully saturated rings. The van der Waals surface area contributed by atoms with Gasteiger partial charge >= 0.3 is 0 Å². The van der Waals surface area contributed by atoms with E-state index in [0.29, 0.717) is 11.7 Å². The maximum absolute atomic E-state index is 9.24. The van der Waals surface area contributed by atoms with Crippen molar-refractivity contribution in [1.29, 1.82) is 0 Å². The molecule has 0 aromatic heterocycles. The highest BCUT2D eigenvalue weighted by atomic mass is 16.5. The number of hydrogen-bond acceptors (Lipinski definition) is 2. The molecular formula is C18H28O2. The minimum Gasteiger partial charge on any atom is -0.508 e. The minimum atomic E-state index is 0.296. The van der Waals surface area contributed by atoms with Crippen LogP contribution in [0.1, 0.15) is 58.3 Å². The van der Waals surface area contributed by atoms with E-state index in [2.05, 4.69) is 6.92 Å². The molecule has 1 saturated carbocycles. The van der Waals surface area contributed by atoms with Crippen LogP contribution in [0.3, 0.4) is 0 Å². The van der Waals surface area contributed by atoms with E-state index in [4.69, 9.17) is 4.74 Å². The second-order valence-corrected chi connectivity index (χ2v) is 6.19. The number of phenols is 1.